The Morgan fingerprint density at radius 3 is 2.60 bits per heavy atom. The Bertz CT molecular complexity index is 680. The maximum absolute atomic E-state index is 9.83. The van der Waals surface area contributed by atoms with E-state index in [4.69, 9.17) is 16.9 Å². The molecule has 2 rings (SSSR count). The van der Waals surface area contributed by atoms with Crippen molar-refractivity contribution in [3.8, 4) is 17.6 Å². The molecule has 0 aromatic heterocycles. The number of anilines is 1. The summed E-state index contributed by atoms with van der Waals surface area (Å²) in [5.41, 5.74) is 1.69. The number of aromatic hydroxyl groups is 2. The fraction of sp³-hybridized carbons (Fsp3) is 0.133. The van der Waals surface area contributed by atoms with Crippen LogP contribution >= 0.6 is 11.6 Å². The molecular formula is C15H13ClN2O2. The molecule has 20 heavy (non-hydrogen) atoms. The van der Waals surface area contributed by atoms with Crippen LogP contribution < -0.4 is 5.32 Å². The van der Waals surface area contributed by atoms with Gasteiger partial charge in [0.25, 0.3) is 0 Å². The second kappa shape index (κ2) is 5.72. The molecule has 0 amide bonds. The number of hydrogen-bond acceptors (Lipinski definition) is 4. The normalized spacial score (nSPS) is 11.7. The van der Waals surface area contributed by atoms with Gasteiger partial charge in [-0.05, 0) is 37.3 Å². The van der Waals surface area contributed by atoms with E-state index >= 15 is 0 Å². The van der Waals surface area contributed by atoms with Crippen LogP contribution in [-0.2, 0) is 0 Å². The number of benzene rings is 2. The van der Waals surface area contributed by atoms with Crippen molar-refractivity contribution in [2.45, 2.75) is 13.0 Å². The molecule has 0 radical (unpaired) electrons. The molecule has 5 heteroatoms. The second-order valence-electron chi connectivity index (χ2n) is 4.41. The molecule has 0 fully saturated rings. The Kier molecular flexibility index (Phi) is 4.02. The van der Waals surface area contributed by atoms with Gasteiger partial charge in [-0.2, -0.15) is 5.26 Å². The van der Waals surface area contributed by atoms with Crippen molar-refractivity contribution < 1.29 is 10.2 Å². The van der Waals surface area contributed by atoms with Crippen molar-refractivity contribution in [3.63, 3.8) is 0 Å². The van der Waals surface area contributed by atoms with E-state index in [0.29, 0.717) is 21.8 Å². The quantitative estimate of drug-likeness (QED) is 0.803. The van der Waals surface area contributed by atoms with Crippen LogP contribution in [0.5, 0.6) is 11.5 Å². The summed E-state index contributed by atoms with van der Waals surface area (Å²) in [6, 6.07) is 11.2. The van der Waals surface area contributed by atoms with Crippen LogP contribution in [0.15, 0.2) is 36.4 Å². The van der Waals surface area contributed by atoms with Gasteiger partial charge in [0.2, 0.25) is 0 Å². The standard InChI is InChI=1S/C15H13ClN2O2/c1-9(13-5-4-12(19)7-15(13)20)18-14-6-11(16)3-2-10(14)8-17/h2-7,9,18-20H,1H3. The van der Waals surface area contributed by atoms with Gasteiger partial charge in [-0.15, -0.1) is 0 Å². The molecule has 0 aliphatic heterocycles. The molecule has 0 aliphatic carbocycles. The molecule has 2 aromatic rings. The van der Waals surface area contributed by atoms with Crippen molar-refractivity contribution in [1.82, 2.24) is 0 Å². The molecule has 4 nitrogen and oxygen atoms in total. The van der Waals surface area contributed by atoms with Crippen LogP contribution in [0.3, 0.4) is 0 Å². The van der Waals surface area contributed by atoms with Crippen LogP contribution in [0, 0.1) is 11.3 Å². The van der Waals surface area contributed by atoms with Crippen molar-refractivity contribution in [3.05, 3.63) is 52.5 Å². The van der Waals surface area contributed by atoms with Crippen LogP contribution in [0.4, 0.5) is 5.69 Å². The first-order valence-electron chi connectivity index (χ1n) is 5.99. The first-order chi connectivity index (χ1) is 9.51. The largest absolute Gasteiger partial charge is 0.508 e. The van der Waals surface area contributed by atoms with Crippen molar-refractivity contribution in [1.29, 1.82) is 5.26 Å². The summed E-state index contributed by atoms with van der Waals surface area (Å²) in [6.45, 7) is 1.84. The van der Waals surface area contributed by atoms with Gasteiger partial charge in [0, 0.05) is 16.7 Å². The zero-order valence-electron chi connectivity index (χ0n) is 10.8. The Morgan fingerprint density at radius 2 is 1.95 bits per heavy atom. The molecule has 0 saturated carbocycles. The van der Waals surface area contributed by atoms with Crippen LogP contribution in [0.25, 0.3) is 0 Å². The van der Waals surface area contributed by atoms with Crippen LogP contribution in [-0.4, -0.2) is 10.2 Å². The lowest BCUT2D eigenvalue weighted by molar-refractivity contribution is 0.444. The molecule has 0 aliphatic rings. The van der Waals surface area contributed by atoms with Crippen LogP contribution in [0.2, 0.25) is 5.02 Å². The Labute approximate surface area is 121 Å². The minimum absolute atomic E-state index is 0.00100. The van der Waals surface area contributed by atoms with E-state index in [1.54, 1.807) is 24.3 Å². The summed E-state index contributed by atoms with van der Waals surface area (Å²) in [5.74, 6) is -0.00976. The summed E-state index contributed by atoms with van der Waals surface area (Å²) in [5, 5.41) is 31.8. The molecule has 0 heterocycles. The number of rotatable bonds is 3. The number of halogens is 1. The van der Waals surface area contributed by atoms with Crippen molar-refractivity contribution in [2.75, 3.05) is 5.32 Å². The number of phenols is 2. The maximum atomic E-state index is 9.83. The summed E-state index contributed by atoms with van der Waals surface area (Å²) >= 11 is 5.92. The fourth-order valence-corrected chi connectivity index (χ4v) is 2.11. The molecule has 0 bridgehead atoms. The van der Waals surface area contributed by atoms with E-state index in [9.17, 15) is 10.2 Å². The van der Waals surface area contributed by atoms with E-state index in [0.717, 1.165) is 0 Å². The highest BCUT2D eigenvalue weighted by molar-refractivity contribution is 6.30. The van der Waals surface area contributed by atoms with Crippen molar-refractivity contribution in [2.24, 2.45) is 0 Å². The average Bonchev–Trinajstić information content (AvgIpc) is 2.38. The molecule has 1 atom stereocenters. The fourth-order valence-electron chi connectivity index (χ4n) is 1.94. The zero-order chi connectivity index (χ0) is 14.7. The highest BCUT2D eigenvalue weighted by Gasteiger charge is 2.13. The average molecular weight is 289 g/mol. The molecule has 0 spiro atoms. The first-order valence-corrected chi connectivity index (χ1v) is 6.37. The van der Waals surface area contributed by atoms with E-state index in [-0.39, 0.29) is 17.5 Å². The van der Waals surface area contributed by atoms with Crippen molar-refractivity contribution >= 4 is 17.3 Å². The van der Waals surface area contributed by atoms with E-state index in [2.05, 4.69) is 11.4 Å². The lowest BCUT2D eigenvalue weighted by Crippen LogP contribution is -2.08. The summed E-state index contributed by atoms with van der Waals surface area (Å²) in [4.78, 5) is 0. The minimum Gasteiger partial charge on any atom is -0.508 e. The number of nitriles is 1. The summed E-state index contributed by atoms with van der Waals surface area (Å²) in [7, 11) is 0. The number of hydrogen-bond donors (Lipinski definition) is 3. The number of phenolic OH excluding ortho intramolecular Hbond substituents is 2. The topological polar surface area (TPSA) is 76.3 Å². The summed E-state index contributed by atoms with van der Waals surface area (Å²) < 4.78 is 0. The highest BCUT2D eigenvalue weighted by Crippen LogP contribution is 2.31. The highest BCUT2D eigenvalue weighted by atomic mass is 35.5. The molecule has 2 aromatic carbocycles. The number of nitrogens with zero attached hydrogens (tertiary/aromatic N) is 1. The predicted molar refractivity (Wildman–Crippen MR) is 78.0 cm³/mol. The van der Waals surface area contributed by atoms with Gasteiger partial charge in [-0.1, -0.05) is 11.6 Å². The van der Waals surface area contributed by atoms with Gasteiger partial charge in [0.15, 0.2) is 0 Å². The Morgan fingerprint density at radius 1 is 1.20 bits per heavy atom. The number of nitrogens with one attached hydrogen (secondary N) is 1. The van der Waals surface area contributed by atoms with Gasteiger partial charge in [-0.25, -0.2) is 0 Å². The SMILES string of the molecule is CC(Nc1cc(Cl)ccc1C#N)c1ccc(O)cc1O. The van der Waals surface area contributed by atoms with E-state index in [1.165, 1.54) is 12.1 Å². The van der Waals surface area contributed by atoms with Gasteiger partial charge >= 0.3 is 0 Å². The molecular weight excluding hydrogens is 276 g/mol. The zero-order valence-corrected chi connectivity index (χ0v) is 11.5. The lowest BCUT2D eigenvalue weighted by atomic mass is 10.1. The predicted octanol–water partition coefficient (Wildman–Crippen LogP) is 3.80. The lowest BCUT2D eigenvalue weighted by Gasteiger charge is -2.18. The van der Waals surface area contributed by atoms with Crippen LogP contribution in [0.1, 0.15) is 24.1 Å². The van der Waals surface area contributed by atoms with Gasteiger partial charge in [-0.3, -0.25) is 0 Å². The van der Waals surface area contributed by atoms with E-state index < -0.39 is 0 Å². The van der Waals surface area contributed by atoms with Gasteiger partial charge < -0.3 is 15.5 Å². The first kappa shape index (κ1) is 14.0. The third kappa shape index (κ3) is 2.95. The Balaban J connectivity index is 2.30. The third-order valence-corrected chi connectivity index (χ3v) is 3.19. The molecule has 102 valence electrons. The minimum atomic E-state index is -0.249. The van der Waals surface area contributed by atoms with Gasteiger partial charge in [0.1, 0.15) is 17.6 Å². The monoisotopic (exact) mass is 288 g/mol. The molecule has 0 saturated heterocycles. The van der Waals surface area contributed by atoms with Gasteiger partial charge in [0.05, 0.1) is 17.3 Å². The smallest absolute Gasteiger partial charge is 0.124 e. The molecule has 1 unspecified atom stereocenters. The second-order valence-corrected chi connectivity index (χ2v) is 4.85. The summed E-state index contributed by atoms with van der Waals surface area (Å²) in [6.07, 6.45) is 0. The molecule has 3 N–H and O–H groups in total. The maximum Gasteiger partial charge on any atom is 0.124 e. The Hall–Kier alpha value is -2.38. The van der Waals surface area contributed by atoms with E-state index in [1.807, 2.05) is 6.92 Å². The third-order valence-electron chi connectivity index (χ3n) is 2.95.